The lowest BCUT2D eigenvalue weighted by Crippen LogP contribution is -2.35. The highest BCUT2D eigenvalue weighted by Gasteiger charge is 2.17. The van der Waals surface area contributed by atoms with Gasteiger partial charge in [-0.2, -0.15) is 0 Å². The highest BCUT2D eigenvalue weighted by Crippen LogP contribution is 2.15. The van der Waals surface area contributed by atoms with E-state index in [0.717, 1.165) is 19.4 Å². The summed E-state index contributed by atoms with van der Waals surface area (Å²) < 4.78 is 10.8. The Morgan fingerprint density at radius 2 is 1.88 bits per heavy atom. The third kappa shape index (κ3) is 6.36. The lowest BCUT2D eigenvalue weighted by molar-refractivity contribution is -0.127. The molecule has 1 saturated heterocycles. The molecular weight excluding hydrogens is 322 g/mol. The van der Waals surface area contributed by atoms with Crippen molar-refractivity contribution in [2.45, 2.75) is 45.3 Å². The number of urea groups is 1. The second-order valence-electron chi connectivity index (χ2n) is 5.89. The van der Waals surface area contributed by atoms with Crippen LogP contribution in [0.5, 0.6) is 0 Å². The maximum atomic E-state index is 12.1. The molecule has 1 aliphatic rings. The number of carbonyl (C=O) groups excluding carboxylic acids is 2. The van der Waals surface area contributed by atoms with Gasteiger partial charge in [0, 0.05) is 31.1 Å². The summed E-state index contributed by atoms with van der Waals surface area (Å²) in [4.78, 5) is 23.9. The van der Waals surface area contributed by atoms with E-state index in [2.05, 4.69) is 16.0 Å². The van der Waals surface area contributed by atoms with Crippen LogP contribution in [0.3, 0.4) is 0 Å². The van der Waals surface area contributed by atoms with Crippen LogP contribution in [-0.2, 0) is 14.3 Å². The molecule has 1 fully saturated rings. The Balaban J connectivity index is 1.78. The van der Waals surface area contributed by atoms with Crippen molar-refractivity contribution in [1.82, 2.24) is 5.32 Å². The van der Waals surface area contributed by atoms with E-state index in [1.54, 1.807) is 24.3 Å². The van der Waals surface area contributed by atoms with Crippen molar-refractivity contribution in [3.8, 4) is 0 Å². The molecule has 0 bridgehead atoms. The van der Waals surface area contributed by atoms with Gasteiger partial charge in [-0.05, 0) is 50.5 Å². The zero-order chi connectivity index (χ0) is 18.1. The monoisotopic (exact) mass is 349 g/mol. The molecule has 7 nitrogen and oxygen atoms in total. The van der Waals surface area contributed by atoms with E-state index in [4.69, 9.17) is 9.47 Å². The van der Waals surface area contributed by atoms with Crippen molar-refractivity contribution in [2.24, 2.45) is 0 Å². The van der Waals surface area contributed by atoms with Gasteiger partial charge < -0.3 is 25.4 Å². The smallest absolute Gasteiger partial charge is 0.319 e. The van der Waals surface area contributed by atoms with Gasteiger partial charge >= 0.3 is 6.03 Å². The van der Waals surface area contributed by atoms with E-state index in [1.165, 1.54) is 0 Å². The van der Waals surface area contributed by atoms with Gasteiger partial charge in [0.05, 0.1) is 6.10 Å². The Labute approximate surface area is 148 Å². The number of ether oxygens (including phenoxy) is 2. The molecule has 0 unspecified atom stereocenters. The summed E-state index contributed by atoms with van der Waals surface area (Å²) in [5.41, 5.74) is 1.31. The minimum Gasteiger partial charge on any atom is -0.376 e. The molecule has 1 aromatic rings. The fraction of sp³-hybridized carbons (Fsp3) is 0.556. The largest absolute Gasteiger partial charge is 0.376 e. The summed E-state index contributed by atoms with van der Waals surface area (Å²) in [6.45, 7) is 5.54. The fourth-order valence-corrected chi connectivity index (χ4v) is 2.63. The van der Waals surface area contributed by atoms with Gasteiger partial charge in [-0.15, -0.1) is 0 Å². The zero-order valence-corrected chi connectivity index (χ0v) is 14.8. The molecular formula is C18H27N3O4. The first-order valence-corrected chi connectivity index (χ1v) is 8.81. The van der Waals surface area contributed by atoms with E-state index in [-0.39, 0.29) is 18.0 Å². The van der Waals surface area contributed by atoms with Crippen molar-refractivity contribution in [1.29, 1.82) is 0 Å². The number of nitrogens with one attached hydrogen (secondary N) is 3. The average Bonchev–Trinajstić information content (AvgIpc) is 3.13. The number of amides is 3. The molecule has 3 N–H and O–H groups in total. The molecule has 0 aliphatic carbocycles. The van der Waals surface area contributed by atoms with Crippen molar-refractivity contribution in [3.05, 3.63) is 24.3 Å². The van der Waals surface area contributed by atoms with E-state index >= 15 is 0 Å². The first-order chi connectivity index (χ1) is 12.1. The van der Waals surface area contributed by atoms with Crippen LogP contribution in [0.15, 0.2) is 24.3 Å². The zero-order valence-electron chi connectivity index (χ0n) is 14.8. The van der Waals surface area contributed by atoms with Gasteiger partial charge in [-0.3, -0.25) is 4.79 Å². The Bertz CT molecular complexity index is 556. The number of anilines is 2. The first kappa shape index (κ1) is 19.2. The maximum absolute atomic E-state index is 12.1. The predicted octanol–water partition coefficient (Wildman–Crippen LogP) is 2.74. The molecule has 0 aromatic heterocycles. The molecule has 3 amide bonds. The summed E-state index contributed by atoms with van der Waals surface area (Å²) >= 11 is 0. The Morgan fingerprint density at radius 3 is 2.44 bits per heavy atom. The minimum atomic E-state index is -0.452. The van der Waals surface area contributed by atoms with E-state index in [1.807, 2.05) is 13.8 Å². The topological polar surface area (TPSA) is 88.7 Å². The number of rotatable bonds is 8. The SMILES string of the molecule is CCO[C@H](CC)C(=O)Nc1ccc(NC(=O)NC[C@H]2CCCO2)cc1. The third-order valence-electron chi connectivity index (χ3n) is 3.96. The lowest BCUT2D eigenvalue weighted by atomic mass is 10.2. The molecule has 1 aliphatic heterocycles. The molecule has 138 valence electrons. The number of benzene rings is 1. The van der Waals surface area contributed by atoms with Crippen LogP contribution in [0.1, 0.15) is 33.1 Å². The first-order valence-electron chi connectivity index (χ1n) is 8.81. The molecule has 2 rings (SSSR count). The number of hydrogen-bond donors (Lipinski definition) is 3. The van der Waals surface area contributed by atoms with Crippen LogP contribution in [0.4, 0.5) is 16.2 Å². The van der Waals surface area contributed by atoms with Gasteiger partial charge in [-0.1, -0.05) is 6.92 Å². The number of hydrogen-bond acceptors (Lipinski definition) is 4. The van der Waals surface area contributed by atoms with Crippen molar-refractivity contribution in [2.75, 3.05) is 30.4 Å². The molecule has 1 heterocycles. The quantitative estimate of drug-likeness (QED) is 0.673. The third-order valence-corrected chi connectivity index (χ3v) is 3.96. The Morgan fingerprint density at radius 1 is 1.20 bits per heavy atom. The molecule has 2 atom stereocenters. The Kier molecular flexibility index (Phi) is 7.69. The van der Waals surface area contributed by atoms with Crippen LogP contribution >= 0.6 is 0 Å². The van der Waals surface area contributed by atoms with Crippen molar-refractivity contribution >= 4 is 23.3 Å². The molecule has 1 aromatic carbocycles. The van der Waals surface area contributed by atoms with Gasteiger partial charge in [0.2, 0.25) is 0 Å². The summed E-state index contributed by atoms with van der Waals surface area (Å²) in [6.07, 6.45) is 2.30. The lowest BCUT2D eigenvalue weighted by Gasteiger charge is -2.15. The van der Waals surface area contributed by atoms with E-state index in [9.17, 15) is 9.59 Å². The summed E-state index contributed by atoms with van der Waals surface area (Å²) in [5, 5.41) is 8.36. The van der Waals surface area contributed by atoms with Crippen molar-refractivity contribution < 1.29 is 19.1 Å². The highest BCUT2D eigenvalue weighted by molar-refractivity contribution is 5.94. The fourth-order valence-electron chi connectivity index (χ4n) is 2.63. The van der Waals surface area contributed by atoms with Gasteiger partial charge in [-0.25, -0.2) is 4.79 Å². The molecule has 0 saturated carbocycles. The second-order valence-corrected chi connectivity index (χ2v) is 5.89. The average molecular weight is 349 g/mol. The Hall–Kier alpha value is -2.12. The van der Waals surface area contributed by atoms with E-state index < -0.39 is 6.10 Å². The van der Waals surface area contributed by atoms with Gasteiger partial charge in [0.15, 0.2) is 0 Å². The standard InChI is InChI=1S/C18H27N3O4/c1-3-16(24-4-2)17(22)20-13-7-9-14(10-8-13)21-18(23)19-12-15-6-5-11-25-15/h7-10,15-16H,3-6,11-12H2,1-2H3,(H,20,22)(H2,19,21,23)/t15-,16-/m1/s1. The van der Waals surface area contributed by atoms with Gasteiger partial charge in [0.1, 0.15) is 6.10 Å². The van der Waals surface area contributed by atoms with Crippen molar-refractivity contribution in [3.63, 3.8) is 0 Å². The maximum Gasteiger partial charge on any atom is 0.319 e. The summed E-state index contributed by atoms with van der Waals surface area (Å²) in [7, 11) is 0. The normalized spacial score (nSPS) is 17.8. The predicted molar refractivity (Wildman–Crippen MR) is 96.8 cm³/mol. The van der Waals surface area contributed by atoms with Crippen LogP contribution in [0.25, 0.3) is 0 Å². The van der Waals surface area contributed by atoms with Crippen LogP contribution < -0.4 is 16.0 Å². The minimum absolute atomic E-state index is 0.111. The molecule has 7 heteroatoms. The second kappa shape index (κ2) is 10.0. The highest BCUT2D eigenvalue weighted by atomic mass is 16.5. The van der Waals surface area contributed by atoms with Crippen LogP contribution in [0.2, 0.25) is 0 Å². The summed E-state index contributed by atoms with van der Waals surface area (Å²) in [5.74, 6) is -0.167. The summed E-state index contributed by atoms with van der Waals surface area (Å²) in [6, 6.07) is 6.69. The molecule has 0 spiro atoms. The van der Waals surface area contributed by atoms with Crippen LogP contribution in [-0.4, -0.2) is 43.9 Å². The molecule has 25 heavy (non-hydrogen) atoms. The van der Waals surface area contributed by atoms with Gasteiger partial charge in [0.25, 0.3) is 5.91 Å². The van der Waals surface area contributed by atoms with E-state index in [0.29, 0.717) is 30.9 Å². The van der Waals surface area contributed by atoms with Crippen LogP contribution in [0, 0.1) is 0 Å². The molecule has 0 radical (unpaired) electrons. The number of carbonyl (C=O) groups is 2.